The van der Waals surface area contributed by atoms with E-state index in [1.807, 2.05) is 42.6 Å². The van der Waals surface area contributed by atoms with Crippen LogP contribution in [-0.4, -0.2) is 33.3 Å². The maximum Gasteiger partial charge on any atom is 0.277 e. The van der Waals surface area contributed by atoms with Gasteiger partial charge in [-0.3, -0.25) is 4.79 Å². The molecule has 7 heteroatoms. The fraction of sp³-hybridized carbons (Fsp3) is 0.150. The van der Waals surface area contributed by atoms with Crippen molar-refractivity contribution in [3.05, 3.63) is 59.8 Å². The van der Waals surface area contributed by atoms with Gasteiger partial charge in [0.25, 0.3) is 11.1 Å². The third-order valence-electron chi connectivity index (χ3n) is 4.56. The van der Waals surface area contributed by atoms with E-state index in [4.69, 9.17) is 9.15 Å². The van der Waals surface area contributed by atoms with Crippen molar-refractivity contribution in [3.63, 3.8) is 0 Å². The molecule has 0 spiro atoms. The van der Waals surface area contributed by atoms with E-state index in [0.717, 1.165) is 34.2 Å². The second-order valence-electron chi connectivity index (χ2n) is 6.25. The molecule has 0 bridgehead atoms. The lowest BCUT2D eigenvalue weighted by molar-refractivity contribution is 0.102. The van der Waals surface area contributed by atoms with Gasteiger partial charge in [0.15, 0.2) is 5.78 Å². The molecule has 2 aromatic heterocycles. The van der Waals surface area contributed by atoms with Crippen LogP contribution in [-0.2, 0) is 6.42 Å². The Kier molecular flexibility index (Phi) is 3.94. The molecule has 0 fully saturated rings. The minimum Gasteiger partial charge on any atom is -0.493 e. The second-order valence-corrected chi connectivity index (χ2v) is 7.18. The highest BCUT2D eigenvalue weighted by Crippen LogP contribution is 2.30. The van der Waals surface area contributed by atoms with E-state index in [1.165, 1.54) is 11.8 Å². The topological polar surface area (TPSA) is 81.0 Å². The molecule has 3 heterocycles. The summed E-state index contributed by atoms with van der Waals surface area (Å²) in [5, 5.41) is 9.59. The molecule has 0 saturated heterocycles. The molecule has 0 atom stereocenters. The van der Waals surface area contributed by atoms with Crippen LogP contribution < -0.4 is 4.74 Å². The molecule has 1 aliphatic heterocycles. The van der Waals surface area contributed by atoms with Gasteiger partial charge in [-0.25, -0.2) is 0 Å². The molecule has 27 heavy (non-hydrogen) atoms. The molecule has 4 aromatic rings. The largest absolute Gasteiger partial charge is 0.493 e. The minimum atomic E-state index is 0.0292. The van der Waals surface area contributed by atoms with Crippen LogP contribution >= 0.6 is 11.8 Å². The molecule has 1 aliphatic rings. The molecule has 0 unspecified atom stereocenters. The Labute approximate surface area is 158 Å². The number of carbonyl (C=O) groups excluding carboxylic acids is 1. The number of thioether (sulfide) groups is 1. The SMILES string of the molecule is O=C(CSc1nnc(-c2c[nH]c3ccccc23)o1)c1ccc2c(c1)CCO2. The molecule has 0 amide bonds. The van der Waals surface area contributed by atoms with Gasteiger partial charge in [-0.15, -0.1) is 10.2 Å². The van der Waals surface area contributed by atoms with Gasteiger partial charge in [0, 0.05) is 29.1 Å². The molecule has 0 saturated carbocycles. The molecule has 5 rings (SSSR count). The zero-order chi connectivity index (χ0) is 18.2. The Hall–Kier alpha value is -3.06. The van der Waals surface area contributed by atoms with Crippen LogP contribution in [0.2, 0.25) is 0 Å². The average molecular weight is 377 g/mol. The number of carbonyl (C=O) groups is 1. The van der Waals surface area contributed by atoms with Crippen molar-refractivity contribution in [1.29, 1.82) is 0 Å². The molecular formula is C20H15N3O3S. The van der Waals surface area contributed by atoms with Gasteiger partial charge in [-0.2, -0.15) is 0 Å². The van der Waals surface area contributed by atoms with Crippen LogP contribution in [0.5, 0.6) is 5.75 Å². The van der Waals surface area contributed by atoms with E-state index in [0.29, 0.717) is 23.3 Å². The van der Waals surface area contributed by atoms with Gasteiger partial charge in [0.05, 0.1) is 17.9 Å². The monoisotopic (exact) mass is 377 g/mol. The first kappa shape index (κ1) is 16.1. The van der Waals surface area contributed by atoms with Crippen molar-refractivity contribution in [1.82, 2.24) is 15.2 Å². The van der Waals surface area contributed by atoms with Crippen molar-refractivity contribution in [2.24, 2.45) is 0 Å². The van der Waals surface area contributed by atoms with Crippen molar-refractivity contribution >= 4 is 28.4 Å². The smallest absolute Gasteiger partial charge is 0.277 e. The summed E-state index contributed by atoms with van der Waals surface area (Å²) in [6.45, 7) is 0.681. The lowest BCUT2D eigenvalue weighted by atomic mass is 10.1. The molecular weight excluding hydrogens is 362 g/mol. The number of rotatable bonds is 5. The van der Waals surface area contributed by atoms with Crippen LogP contribution in [0.4, 0.5) is 0 Å². The number of H-pyrrole nitrogens is 1. The van der Waals surface area contributed by atoms with Gasteiger partial charge in [0.2, 0.25) is 0 Å². The number of nitrogens with one attached hydrogen (secondary N) is 1. The number of nitrogens with zero attached hydrogens (tertiary/aromatic N) is 2. The van der Waals surface area contributed by atoms with Gasteiger partial charge in [-0.05, 0) is 29.8 Å². The summed E-state index contributed by atoms with van der Waals surface area (Å²) < 4.78 is 11.2. The number of hydrogen-bond acceptors (Lipinski definition) is 6. The zero-order valence-corrected chi connectivity index (χ0v) is 15.1. The molecule has 0 radical (unpaired) electrons. The highest BCUT2D eigenvalue weighted by molar-refractivity contribution is 7.99. The Morgan fingerprint density at radius 2 is 2.11 bits per heavy atom. The highest BCUT2D eigenvalue weighted by Gasteiger charge is 2.17. The Bertz CT molecular complexity index is 1150. The first-order chi connectivity index (χ1) is 13.3. The predicted molar refractivity (Wildman–Crippen MR) is 102 cm³/mol. The summed E-state index contributed by atoms with van der Waals surface area (Å²) in [4.78, 5) is 15.7. The van der Waals surface area contributed by atoms with E-state index < -0.39 is 0 Å². The highest BCUT2D eigenvalue weighted by atomic mass is 32.2. The van der Waals surface area contributed by atoms with Crippen LogP contribution in [0.1, 0.15) is 15.9 Å². The van der Waals surface area contributed by atoms with Gasteiger partial charge >= 0.3 is 0 Å². The quantitative estimate of drug-likeness (QED) is 0.416. The number of para-hydroxylation sites is 1. The fourth-order valence-corrected chi connectivity index (χ4v) is 3.85. The molecule has 2 aromatic carbocycles. The van der Waals surface area contributed by atoms with Crippen LogP contribution in [0.3, 0.4) is 0 Å². The van der Waals surface area contributed by atoms with Crippen molar-refractivity contribution < 1.29 is 13.9 Å². The summed E-state index contributed by atoms with van der Waals surface area (Å²) in [6.07, 6.45) is 2.70. The Morgan fingerprint density at radius 3 is 3.07 bits per heavy atom. The summed E-state index contributed by atoms with van der Waals surface area (Å²) in [5.41, 5.74) is 3.64. The number of hydrogen-bond donors (Lipinski definition) is 1. The van der Waals surface area contributed by atoms with E-state index >= 15 is 0 Å². The van der Waals surface area contributed by atoms with Crippen molar-refractivity contribution in [3.8, 4) is 17.2 Å². The Balaban J connectivity index is 1.30. The van der Waals surface area contributed by atoms with Gasteiger partial charge in [0.1, 0.15) is 5.75 Å². The number of fused-ring (bicyclic) bond motifs is 2. The number of Topliss-reactive ketones (excluding diaryl/α,β-unsaturated/α-hetero) is 1. The van der Waals surface area contributed by atoms with Crippen molar-refractivity contribution in [2.75, 3.05) is 12.4 Å². The third kappa shape index (κ3) is 3.00. The van der Waals surface area contributed by atoms with Crippen LogP contribution in [0.15, 0.2) is 58.3 Å². The van der Waals surface area contributed by atoms with E-state index in [2.05, 4.69) is 15.2 Å². The van der Waals surface area contributed by atoms with E-state index in [-0.39, 0.29) is 11.5 Å². The maximum atomic E-state index is 12.5. The lowest BCUT2D eigenvalue weighted by Gasteiger charge is -2.02. The van der Waals surface area contributed by atoms with E-state index in [1.54, 1.807) is 6.07 Å². The lowest BCUT2D eigenvalue weighted by Crippen LogP contribution is -2.02. The van der Waals surface area contributed by atoms with Crippen LogP contribution in [0.25, 0.3) is 22.4 Å². The third-order valence-corrected chi connectivity index (χ3v) is 5.38. The first-order valence-electron chi connectivity index (χ1n) is 8.60. The zero-order valence-electron chi connectivity index (χ0n) is 14.3. The summed E-state index contributed by atoms with van der Waals surface area (Å²) in [7, 11) is 0. The first-order valence-corrected chi connectivity index (χ1v) is 9.58. The van der Waals surface area contributed by atoms with Gasteiger partial charge in [-0.1, -0.05) is 30.0 Å². The van der Waals surface area contributed by atoms with Crippen molar-refractivity contribution in [2.45, 2.75) is 11.6 Å². The molecule has 6 nitrogen and oxygen atoms in total. The summed E-state index contributed by atoms with van der Waals surface area (Å²) >= 11 is 1.25. The Morgan fingerprint density at radius 1 is 1.19 bits per heavy atom. The van der Waals surface area contributed by atoms with Gasteiger partial charge < -0.3 is 14.1 Å². The number of benzene rings is 2. The number of aromatic amines is 1. The number of ether oxygens (including phenoxy) is 1. The minimum absolute atomic E-state index is 0.0292. The van der Waals surface area contributed by atoms with E-state index in [9.17, 15) is 4.79 Å². The van der Waals surface area contributed by atoms with Crippen LogP contribution in [0, 0.1) is 0 Å². The normalized spacial score (nSPS) is 12.9. The number of aromatic nitrogens is 3. The average Bonchev–Trinajstić information content (AvgIpc) is 3.43. The maximum absolute atomic E-state index is 12.5. The second kappa shape index (κ2) is 6.59. The molecule has 134 valence electrons. The standard InChI is InChI=1S/C20H15N3O3S/c24-17(12-5-6-18-13(9-12)7-8-25-18)11-27-20-23-22-19(26-20)15-10-21-16-4-2-1-3-14(15)16/h1-6,9-10,21H,7-8,11H2. The molecule has 1 N–H and O–H groups in total. The fourth-order valence-electron chi connectivity index (χ4n) is 3.20. The predicted octanol–water partition coefficient (Wildman–Crippen LogP) is 4.13. The number of ketones is 1. The summed E-state index contributed by atoms with van der Waals surface area (Å²) in [6, 6.07) is 13.5. The molecule has 0 aliphatic carbocycles. The summed E-state index contributed by atoms with van der Waals surface area (Å²) in [5.74, 6) is 1.59.